The Balaban J connectivity index is 0.00000361. The molecule has 5 nitrogen and oxygen atoms in total. The number of ether oxygens (including phenoxy) is 2. The highest BCUT2D eigenvalue weighted by molar-refractivity contribution is 5.85. The molecule has 1 amide bonds. The quantitative estimate of drug-likeness (QED) is 0.798. The number of amides is 1. The van der Waals surface area contributed by atoms with Crippen molar-refractivity contribution in [3.05, 3.63) is 29.3 Å². The van der Waals surface area contributed by atoms with Gasteiger partial charge in [0.2, 0.25) is 5.91 Å². The molecule has 0 fully saturated rings. The van der Waals surface area contributed by atoms with E-state index in [1.165, 1.54) is 0 Å². The van der Waals surface area contributed by atoms with Crippen molar-refractivity contribution in [2.75, 3.05) is 20.8 Å². The Morgan fingerprint density at radius 2 is 2.10 bits per heavy atom. The van der Waals surface area contributed by atoms with Crippen molar-refractivity contribution in [1.82, 2.24) is 5.32 Å². The third kappa shape index (κ3) is 5.77. The summed E-state index contributed by atoms with van der Waals surface area (Å²) in [6.45, 7) is 2.76. The zero-order chi connectivity index (χ0) is 14.3. The first-order valence-electron chi connectivity index (χ1n) is 6.23. The van der Waals surface area contributed by atoms with Crippen LogP contribution in [0.25, 0.3) is 0 Å². The molecule has 0 aliphatic heterocycles. The molecular weight excluding hydrogens is 280 g/mol. The lowest BCUT2D eigenvalue weighted by atomic mass is 10.1. The zero-order valence-corrected chi connectivity index (χ0v) is 13.0. The molecule has 1 aromatic carbocycles. The number of aryl methyl sites for hydroxylation is 1. The van der Waals surface area contributed by atoms with E-state index in [4.69, 9.17) is 15.2 Å². The molecule has 0 aliphatic carbocycles. The summed E-state index contributed by atoms with van der Waals surface area (Å²) in [6, 6.07) is 5.88. The van der Waals surface area contributed by atoms with E-state index in [1.807, 2.05) is 25.1 Å². The van der Waals surface area contributed by atoms with Crippen molar-refractivity contribution in [2.45, 2.75) is 26.0 Å². The molecule has 20 heavy (non-hydrogen) atoms. The lowest BCUT2D eigenvalue weighted by molar-refractivity contribution is -0.123. The summed E-state index contributed by atoms with van der Waals surface area (Å²) in [7, 11) is 3.17. The average molecular weight is 303 g/mol. The minimum atomic E-state index is -0.236. The Bertz CT molecular complexity index is 423. The Morgan fingerprint density at radius 3 is 2.65 bits per heavy atom. The van der Waals surface area contributed by atoms with E-state index in [1.54, 1.807) is 14.2 Å². The molecule has 0 radical (unpaired) electrons. The number of carbonyl (C=O) groups is 1. The maximum absolute atomic E-state index is 11.7. The van der Waals surface area contributed by atoms with Gasteiger partial charge in [0.1, 0.15) is 5.75 Å². The average Bonchev–Trinajstić information content (AvgIpc) is 2.43. The van der Waals surface area contributed by atoms with Gasteiger partial charge in [-0.3, -0.25) is 4.79 Å². The molecule has 0 saturated heterocycles. The van der Waals surface area contributed by atoms with Gasteiger partial charge in [0, 0.05) is 25.8 Å². The van der Waals surface area contributed by atoms with E-state index in [0.717, 1.165) is 16.9 Å². The van der Waals surface area contributed by atoms with E-state index in [9.17, 15) is 4.79 Å². The van der Waals surface area contributed by atoms with Crippen LogP contribution in [0, 0.1) is 6.92 Å². The summed E-state index contributed by atoms with van der Waals surface area (Å²) in [5.74, 6) is 0.697. The minimum absolute atomic E-state index is 0. The highest BCUT2D eigenvalue weighted by Gasteiger charge is 2.12. The number of methoxy groups -OCH3 is 2. The first-order chi connectivity index (χ1) is 9.10. The van der Waals surface area contributed by atoms with E-state index >= 15 is 0 Å². The van der Waals surface area contributed by atoms with E-state index in [2.05, 4.69) is 5.32 Å². The lowest BCUT2D eigenvalue weighted by Gasteiger charge is -2.14. The normalized spacial score (nSPS) is 11.4. The molecule has 0 bridgehead atoms. The van der Waals surface area contributed by atoms with Crippen LogP contribution in [-0.4, -0.2) is 32.8 Å². The van der Waals surface area contributed by atoms with Gasteiger partial charge in [-0.1, -0.05) is 12.1 Å². The zero-order valence-electron chi connectivity index (χ0n) is 12.1. The third-order valence-electron chi connectivity index (χ3n) is 2.93. The van der Waals surface area contributed by atoms with Crippen molar-refractivity contribution < 1.29 is 14.3 Å². The monoisotopic (exact) mass is 302 g/mol. The smallest absolute Gasteiger partial charge is 0.222 e. The number of carbonyl (C=O) groups excluding carboxylic acids is 1. The Labute approximate surface area is 126 Å². The molecule has 1 unspecified atom stereocenters. The fraction of sp³-hybridized carbons (Fsp3) is 0.500. The van der Waals surface area contributed by atoms with Gasteiger partial charge in [0.25, 0.3) is 0 Å². The molecule has 1 rings (SSSR count). The molecule has 114 valence electrons. The Hall–Kier alpha value is -1.30. The van der Waals surface area contributed by atoms with Crippen molar-refractivity contribution in [3.63, 3.8) is 0 Å². The molecule has 1 aromatic rings. The summed E-state index contributed by atoms with van der Waals surface area (Å²) in [4.78, 5) is 11.7. The first kappa shape index (κ1) is 18.7. The Morgan fingerprint density at radius 1 is 1.40 bits per heavy atom. The number of hydrogen-bond acceptors (Lipinski definition) is 4. The van der Waals surface area contributed by atoms with Gasteiger partial charge in [0.05, 0.1) is 19.6 Å². The van der Waals surface area contributed by atoms with Gasteiger partial charge >= 0.3 is 0 Å². The van der Waals surface area contributed by atoms with Crippen LogP contribution in [0.15, 0.2) is 18.2 Å². The summed E-state index contributed by atoms with van der Waals surface area (Å²) in [5, 5.41) is 2.84. The number of nitrogens with one attached hydrogen (secondary N) is 1. The fourth-order valence-electron chi connectivity index (χ4n) is 1.73. The number of rotatable bonds is 7. The number of hydrogen-bond donors (Lipinski definition) is 2. The highest BCUT2D eigenvalue weighted by atomic mass is 35.5. The summed E-state index contributed by atoms with van der Waals surface area (Å²) < 4.78 is 10.4. The molecule has 0 heterocycles. The molecule has 0 aliphatic rings. The third-order valence-corrected chi connectivity index (χ3v) is 2.93. The molecule has 6 heteroatoms. The number of benzene rings is 1. The SMILES string of the molecule is COc1cc(C)ccc1CNC(=O)CC(CN)OC.Cl. The molecule has 0 aromatic heterocycles. The van der Waals surface area contributed by atoms with Crippen LogP contribution >= 0.6 is 12.4 Å². The van der Waals surface area contributed by atoms with Crippen LogP contribution < -0.4 is 15.8 Å². The maximum Gasteiger partial charge on any atom is 0.222 e. The van der Waals surface area contributed by atoms with Crippen LogP contribution in [0.3, 0.4) is 0 Å². The van der Waals surface area contributed by atoms with Crippen molar-refractivity contribution in [1.29, 1.82) is 0 Å². The predicted octanol–water partition coefficient (Wildman–Crippen LogP) is 1.41. The molecule has 1 atom stereocenters. The van der Waals surface area contributed by atoms with Gasteiger partial charge in [0.15, 0.2) is 0 Å². The fourth-order valence-corrected chi connectivity index (χ4v) is 1.73. The summed E-state index contributed by atoms with van der Waals surface area (Å²) in [6.07, 6.45) is 0.0289. The van der Waals surface area contributed by atoms with Crippen molar-refractivity contribution >= 4 is 18.3 Å². The van der Waals surface area contributed by atoms with Gasteiger partial charge in [-0.25, -0.2) is 0 Å². The van der Waals surface area contributed by atoms with Crippen LogP contribution in [0.2, 0.25) is 0 Å². The molecule has 0 spiro atoms. The van der Waals surface area contributed by atoms with E-state index in [0.29, 0.717) is 13.1 Å². The molecular formula is C14H23ClN2O3. The predicted molar refractivity (Wildman–Crippen MR) is 81.3 cm³/mol. The Kier molecular flexibility index (Phi) is 8.96. The van der Waals surface area contributed by atoms with Crippen LogP contribution in [0.4, 0.5) is 0 Å². The van der Waals surface area contributed by atoms with Crippen LogP contribution in [0.5, 0.6) is 5.75 Å². The standard InChI is InChI=1S/C14H22N2O3.ClH/c1-10-4-5-11(13(6-10)19-3)9-16-14(17)7-12(8-15)18-2;/h4-6,12H,7-9,15H2,1-3H3,(H,16,17);1H. The maximum atomic E-state index is 11.7. The highest BCUT2D eigenvalue weighted by Crippen LogP contribution is 2.19. The summed E-state index contributed by atoms with van der Waals surface area (Å²) >= 11 is 0. The number of halogens is 1. The van der Waals surface area contributed by atoms with Crippen molar-refractivity contribution in [2.24, 2.45) is 5.73 Å². The van der Waals surface area contributed by atoms with Gasteiger partial charge in [-0.2, -0.15) is 0 Å². The van der Waals surface area contributed by atoms with E-state index < -0.39 is 0 Å². The summed E-state index contributed by atoms with van der Waals surface area (Å²) in [5.41, 5.74) is 7.54. The lowest BCUT2D eigenvalue weighted by Crippen LogP contribution is -2.32. The minimum Gasteiger partial charge on any atom is -0.496 e. The van der Waals surface area contributed by atoms with Gasteiger partial charge in [-0.05, 0) is 18.6 Å². The topological polar surface area (TPSA) is 73.6 Å². The van der Waals surface area contributed by atoms with Crippen LogP contribution in [0.1, 0.15) is 17.5 Å². The van der Waals surface area contributed by atoms with Crippen molar-refractivity contribution in [3.8, 4) is 5.75 Å². The van der Waals surface area contributed by atoms with Crippen LogP contribution in [-0.2, 0) is 16.1 Å². The second-order valence-electron chi connectivity index (χ2n) is 4.39. The van der Waals surface area contributed by atoms with E-state index in [-0.39, 0.29) is 30.8 Å². The molecule has 0 saturated carbocycles. The second kappa shape index (κ2) is 9.58. The largest absolute Gasteiger partial charge is 0.496 e. The first-order valence-corrected chi connectivity index (χ1v) is 6.23. The number of nitrogens with two attached hydrogens (primary N) is 1. The molecule has 3 N–H and O–H groups in total. The van der Waals surface area contributed by atoms with Gasteiger partial charge < -0.3 is 20.5 Å². The van der Waals surface area contributed by atoms with Gasteiger partial charge in [-0.15, -0.1) is 12.4 Å². The second-order valence-corrected chi connectivity index (χ2v) is 4.39.